The van der Waals surface area contributed by atoms with E-state index in [-0.39, 0.29) is 12.0 Å². The van der Waals surface area contributed by atoms with Gasteiger partial charge in [-0.05, 0) is 68.9 Å². The van der Waals surface area contributed by atoms with Crippen molar-refractivity contribution >= 4 is 35.0 Å². The van der Waals surface area contributed by atoms with Crippen LogP contribution in [0.3, 0.4) is 0 Å². The number of benzene rings is 2. The lowest BCUT2D eigenvalue weighted by Gasteiger charge is -2.17. The Morgan fingerprint density at radius 3 is 2.52 bits per heavy atom. The van der Waals surface area contributed by atoms with Crippen molar-refractivity contribution in [3.8, 4) is 11.5 Å². The number of rotatable bonds is 6. The van der Waals surface area contributed by atoms with Gasteiger partial charge in [0.1, 0.15) is 17.2 Å². The summed E-state index contributed by atoms with van der Waals surface area (Å²) < 4.78 is 11.3. The van der Waals surface area contributed by atoms with Gasteiger partial charge in [-0.25, -0.2) is 4.90 Å². The van der Waals surface area contributed by atoms with Crippen LogP contribution in [0.1, 0.15) is 26.3 Å². The first-order chi connectivity index (χ1) is 13.0. The standard InChI is InChI=1S/C21H22N2O3S/c1-4-25-19-8-6-5-7-18(19)23-20(24)17(22-21(23)27)13-15-9-11-16(12-10-15)26-14(2)3/h5-14H,4H2,1-3H3,(H,22,27)/b17-13+. The van der Waals surface area contributed by atoms with Crippen LogP contribution < -0.4 is 19.7 Å². The van der Waals surface area contributed by atoms with E-state index < -0.39 is 0 Å². The lowest BCUT2D eigenvalue weighted by molar-refractivity contribution is -0.113. The molecule has 0 saturated carbocycles. The van der Waals surface area contributed by atoms with Crippen LogP contribution in [0.15, 0.2) is 54.2 Å². The second-order valence-electron chi connectivity index (χ2n) is 6.27. The van der Waals surface area contributed by atoms with Gasteiger partial charge in [-0.3, -0.25) is 4.79 Å². The van der Waals surface area contributed by atoms with Crippen LogP contribution in [0, 0.1) is 0 Å². The van der Waals surface area contributed by atoms with Crippen molar-refractivity contribution in [2.45, 2.75) is 26.9 Å². The average molecular weight is 382 g/mol. The molecule has 0 radical (unpaired) electrons. The van der Waals surface area contributed by atoms with Crippen molar-refractivity contribution in [3.05, 3.63) is 59.8 Å². The van der Waals surface area contributed by atoms with Gasteiger partial charge < -0.3 is 14.8 Å². The number of nitrogens with one attached hydrogen (secondary N) is 1. The third-order valence-corrected chi connectivity index (χ3v) is 4.13. The molecule has 1 heterocycles. The van der Waals surface area contributed by atoms with Crippen molar-refractivity contribution in [1.82, 2.24) is 5.32 Å². The number of thiocarbonyl (C=S) groups is 1. The maximum Gasteiger partial charge on any atom is 0.281 e. The third-order valence-electron chi connectivity index (χ3n) is 3.85. The van der Waals surface area contributed by atoms with Gasteiger partial charge in [0.2, 0.25) is 0 Å². The molecule has 0 spiro atoms. The molecule has 1 saturated heterocycles. The molecule has 27 heavy (non-hydrogen) atoms. The summed E-state index contributed by atoms with van der Waals surface area (Å²) in [5.41, 5.74) is 1.93. The molecule has 0 aliphatic carbocycles. The highest BCUT2D eigenvalue weighted by Crippen LogP contribution is 2.31. The molecule has 6 heteroatoms. The normalized spacial score (nSPS) is 15.4. The Kier molecular flexibility index (Phi) is 5.76. The number of hydrogen-bond donors (Lipinski definition) is 1. The number of hydrogen-bond acceptors (Lipinski definition) is 4. The van der Waals surface area contributed by atoms with Gasteiger partial charge in [-0.2, -0.15) is 0 Å². The van der Waals surface area contributed by atoms with Gasteiger partial charge in [0.15, 0.2) is 5.11 Å². The predicted molar refractivity (Wildman–Crippen MR) is 111 cm³/mol. The fourth-order valence-corrected chi connectivity index (χ4v) is 3.05. The highest BCUT2D eigenvalue weighted by Gasteiger charge is 2.33. The Balaban J connectivity index is 1.85. The van der Waals surface area contributed by atoms with E-state index in [1.165, 1.54) is 4.90 Å². The van der Waals surface area contributed by atoms with Crippen molar-refractivity contribution < 1.29 is 14.3 Å². The summed E-state index contributed by atoms with van der Waals surface area (Å²) in [7, 11) is 0. The Morgan fingerprint density at radius 2 is 1.85 bits per heavy atom. The van der Waals surface area contributed by atoms with E-state index in [0.717, 1.165) is 11.3 Å². The zero-order valence-corrected chi connectivity index (χ0v) is 16.4. The number of nitrogens with zero attached hydrogens (tertiary/aromatic N) is 1. The van der Waals surface area contributed by atoms with Crippen molar-refractivity contribution in [2.75, 3.05) is 11.5 Å². The SMILES string of the molecule is CCOc1ccccc1N1C(=O)/C(=C\c2ccc(OC(C)C)cc2)NC1=S. The van der Waals surface area contributed by atoms with Crippen LogP contribution in [0.5, 0.6) is 11.5 Å². The van der Waals surface area contributed by atoms with Crippen molar-refractivity contribution in [3.63, 3.8) is 0 Å². The van der Waals surface area contributed by atoms with Gasteiger partial charge in [0, 0.05) is 0 Å². The van der Waals surface area contributed by atoms with Crippen molar-refractivity contribution in [2.24, 2.45) is 0 Å². The third kappa shape index (κ3) is 4.28. The molecule has 1 N–H and O–H groups in total. The number of ether oxygens (including phenoxy) is 2. The Hall–Kier alpha value is -2.86. The Morgan fingerprint density at radius 1 is 1.15 bits per heavy atom. The molecular weight excluding hydrogens is 360 g/mol. The van der Waals surface area contributed by atoms with Crippen LogP contribution in [-0.4, -0.2) is 23.7 Å². The maximum atomic E-state index is 12.9. The van der Waals surface area contributed by atoms with E-state index >= 15 is 0 Å². The second-order valence-corrected chi connectivity index (χ2v) is 6.65. The van der Waals surface area contributed by atoms with E-state index in [0.29, 0.717) is 28.9 Å². The summed E-state index contributed by atoms with van der Waals surface area (Å²) in [6.07, 6.45) is 1.89. The second kappa shape index (κ2) is 8.22. The van der Waals surface area contributed by atoms with E-state index in [4.69, 9.17) is 21.7 Å². The fourth-order valence-electron chi connectivity index (χ4n) is 2.75. The van der Waals surface area contributed by atoms with E-state index in [1.807, 2.05) is 69.3 Å². The highest BCUT2D eigenvalue weighted by atomic mass is 32.1. The van der Waals surface area contributed by atoms with E-state index in [2.05, 4.69) is 5.32 Å². The average Bonchev–Trinajstić information content (AvgIpc) is 2.91. The minimum atomic E-state index is -0.213. The van der Waals surface area contributed by atoms with Crippen molar-refractivity contribution in [1.29, 1.82) is 0 Å². The molecule has 3 rings (SSSR count). The molecule has 0 atom stereocenters. The smallest absolute Gasteiger partial charge is 0.281 e. The molecule has 140 valence electrons. The summed E-state index contributed by atoms with van der Waals surface area (Å²) in [6, 6.07) is 14.9. The zero-order chi connectivity index (χ0) is 19.4. The lowest BCUT2D eigenvalue weighted by atomic mass is 10.2. The molecule has 2 aromatic carbocycles. The van der Waals surface area contributed by atoms with Gasteiger partial charge >= 0.3 is 0 Å². The highest BCUT2D eigenvalue weighted by molar-refractivity contribution is 7.80. The summed E-state index contributed by atoms with van der Waals surface area (Å²) in [5, 5.41) is 3.33. The van der Waals surface area contributed by atoms with E-state index in [1.54, 1.807) is 6.08 Å². The van der Waals surface area contributed by atoms with Crippen LogP contribution >= 0.6 is 12.2 Å². The topological polar surface area (TPSA) is 50.8 Å². The summed E-state index contributed by atoms with van der Waals surface area (Å²) in [5.74, 6) is 1.20. The summed E-state index contributed by atoms with van der Waals surface area (Å²) in [4.78, 5) is 14.4. The van der Waals surface area contributed by atoms with Crippen LogP contribution in [0.2, 0.25) is 0 Å². The number of anilines is 1. The quantitative estimate of drug-likeness (QED) is 0.601. The van der Waals surface area contributed by atoms with Gasteiger partial charge in [-0.15, -0.1) is 0 Å². The molecule has 5 nitrogen and oxygen atoms in total. The minimum Gasteiger partial charge on any atom is -0.492 e. The number of carbonyl (C=O) groups excluding carboxylic acids is 1. The first-order valence-electron chi connectivity index (χ1n) is 8.85. The van der Waals surface area contributed by atoms with Crippen LogP contribution in [0.4, 0.5) is 5.69 Å². The molecule has 0 bridgehead atoms. The number of para-hydroxylation sites is 2. The monoisotopic (exact) mass is 382 g/mol. The van der Waals surface area contributed by atoms with Gasteiger partial charge in [0.05, 0.1) is 18.4 Å². The molecule has 2 aromatic rings. The number of carbonyl (C=O) groups is 1. The minimum absolute atomic E-state index is 0.114. The molecule has 0 unspecified atom stereocenters. The largest absolute Gasteiger partial charge is 0.492 e. The molecule has 1 aliphatic heterocycles. The van der Waals surface area contributed by atoms with Crippen LogP contribution in [-0.2, 0) is 4.79 Å². The first-order valence-corrected chi connectivity index (χ1v) is 9.26. The molecule has 0 aromatic heterocycles. The Labute approximate surface area is 164 Å². The number of amides is 1. The zero-order valence-electron chi connectivity index (χ0n) is 15.6. The van der Waals surface area contributed by atoms with Gasteiger partial charge in [0.25, 0.3) is 5.91 Å². The molecule has 1 amide bonds. The predicted octanol–water partition coefficient (Wildman–Crippen LogP) is 4.13. The molecule has 1 fully saturated rings. The fraction of sp³-hybridized carbons (Fsp3) is 0.238. The molecular formula is C21H22N2O3S. The summed E-state index contributed by atoms with van der Waals surface area (Å²) in [6.45, 7) is 6.36. The maximum absolute atomic E-state index is 12.9. The molecule has 1 aliphatic rings. The first kappa shape index (κ1) is 18.9. The van der Waals surface area contributed by atoms with Crippen LogP contribution in [0.25, 0.3) is 6.08 Å². The van der Waals surface area contributed by atoms with E-state index in [9.17, 15) is 4.79 Å². The summed E-state index contributed by atoms with van der Waals surface area (Å²) >= 11 is 5.38. The van der Waals surface area contributed by atoms with Gasteiger partial charge in [-0.1, -0.05) is 24.3 Å². The lowest BCUT2D eigenvalue weighted by Crippen LogP contribution is -2.30. The Bertz CT molecular complexity index is 875.